The van der Waals surface area contributed by atoms with Crippen molar-refractivity contribution >= 4 is 0 Å². The molecule has 2 aliphatic rings. The number of likely N-dealkylation sites (tertiary alicyclic amines) is 1. The summed E-state index contributed by atoms with van der Waals surface area (Å²) in [5, 5.41) is 0. The van der Waals surface area contributed by atoms with Crippen LogP contribution in [0.1, 0.15) is 36.2 Å². The van der Waals surface area contributed by atoms with E-state index in [4.69, 9.17) is 14.5 Å². The molecule has 2 saturated heterocycles. The van der Waals surface area contributed by atoms with Crippen molar-refractivity contribution in [3.05, 3.63) is 29.1 Å². The number of hydrogen-bond donors (Lipinski definition) is 0. The number of pyridine rings is 1. The summed E-state index contributed by atoms with van der Waals surface area (Å²) < 4.78 is 10.9. The second kappa shape index (κ2) is 6.20. The topological polar surface area (TPSA) is 34.6 Å². The lowest BCUT2D eigenvalue weighted by Crippen LogP contribution is -2.51. The highest BCUT2D eigenvalue weighted by atomic mass is 16.5. The maximum Gasteiger partial charge on any atom is 0.0825 e. The molecule has 0 amide bonds. The van der Waals surface area contributed by atoms with E-state index in [0.717, 1.165) is 45.7 Å². The molecule has 0 saturated carbocycles. The molecular weight excluding hydrogens is 252 g/mol. The van der Waals surface area contributed by atoms with Gasteiger partial charge in [0, 0.05) is 45.0 Å². The SMILES string of the molecule is CCc1ccc([C@@H]2CCOC2)c(CN2CC(OC)C2)n1. The van der Waals surface area contributed by atoms with Crippen LogP contribution in [0.5, 0.6) is 0 Å². The summed E-state index contributed by atoms with van der Waals surface area (Å²) in [5.41, 5.74) is 3.82. The molecule has 20 heavy (non-hydrogen) atoms. The highest BCUT2D eigenvalue weighted by molar-refractivity contribution is 5.28. The molecule has 0 N–H and O–H groups in total. The number of methoxy groups -OCH3 is 1. The maximum atomic E-state index is 5.54. The van der Waals surface area contributed by atoms with E-state index in [1.807, 2.05) is 0 Å². The zero-order valence-electron chi connectivity index (χ0n) is 12.5. The van der Waals surface area contributed by atoms with Gasteiger partial charge in [0.15, 0.2) is 0 Å². The molecule has 110 valence electrons. The summed E-state index contributed by atoms with van der Waals surface area (Å²) >= 11 is 0. The van der Waals surface area contributed by atoms with E-state index in [1.54, 1.807) is 7.11 Å². The number of hydrogen-bond acceptors (Lipinski definition) is 4. The average Bonchev–Trinajstić information content (AvgIpc) is 2.96. The molecule has 1 aromatic heterocycles. The third-order valence-electron chi connectivity index (χ3n) is 4.43. The van der Waals surface area contributed by atoms with E-state index in [2.05, 4.69) is 24.0 Å². The van der Waals surface area contributed by atoms with E-state index in [-0.39, 0.29) is 0 Å². The van der Waals surface area contributed by atoms with Crippen LogP contribution in [0, 0.1) is 0 Å². The van der Waals surface area contributed by atoms with Gasteiger partial charge in [-0.3, -0.25) is 9.88 Å². The molecule has 0 bridgehead atoms. The highest BCUT2D eigenvalue weighted by Crippen LogP contribution is 2.29. The number of rotatable bonds is 5. The predicted molar refractivity (Wildman–Crippen MR) is 77.9 cm³/mol. The Hall–Kier alpha value is -0.970. The van der Waals surface area contributed by atoms with Crippen molar-refractivity contribution in [3.8, 4) is 0 Å². The summed E-state index contributed by atoms with van der Waals surface area (Å²) in [4.78, 5) is 7.28. The fourth-order valence-electron chi connectivity index (χ4n) is 3.04. The maximum absolute atomic E-state index is 5.54. The molecule has 2 fully saturated rings. The Morgan fingerprint density at radius 1 is 1.40 bits per heavy atom. The van der Waals surface area contributed by atoms with E-state index in [1.165, 1.54) is 17.0 Å². The molecule has 1 aromatic rings. The molecule has 3 heterocycles. The van der Waals surface area contributed by atoms with Crippen LogP contribution in [-0.2, 0) is 22.4 Å². The Labute approximate surface area is 121 Å². The standard InChI is InChI=1S/C16H24N2O2/c1-3-13-4-5-15(12-6-7-20-11-12)16(17-13)10-18-8-14(9-18)19-2/h4-5,12,14H,3,6-11H2,1-2H3/t12-/m1/s1. The van der Waals surface area contributed by atoms with E-state index < -0.39 is 0 Å². The molecule has 4 nitrogen and oxygen atoms in total. The first-order chi connectivity index (χ1) is 9.80. The predicted octanol–water partition coefficient (Wildman–Crippen LogP) is 1.98. The minimum Gasteiger partial charge on any atom is -0.381 e. The molecule has 0 aromatic carbocycles. The normalized spacial score (nSPS) is 24.0. The van der Waals surface area contributed by atoms with Gasteiger partial charge < -0.3 is 9.47 Å². The number of ether oxygens (including phenoxy) is 2. The zero-order chi connectivity index (χ0) is 13.9. The molecule has 2 aliphatic heterocycles. The average molecular weight is 276 g/mol. The van der Waals surface area contributed by atoms with Gasteiger partial charge in [-0.15, -0.1) is 0 Å². The molecular formula is C16H24N2O2. The van der Waals surface area contributed by atoms with E-state index >= 15 is 0 Å². The lowest BCUT2D eigenvalue weighted by molar-refractivity contribution is -0.0340. The van der Waals surface area contributed by atoms with Gasteiger partial charge in [-0.05, 0) is 24.5 Å². The molecule has 4 heteroatoms. The monoisotopic (exact) mass is 276 g/mol. The van der Waals surface area contributed by atoms with E-state index in [0.29, 0.717) is 12.0 Å². The highest BCUT2D eigenvalue weighted by Gasteiger charge is 2.29. The van der Waals surface area contributed by atoms with Crippen molar-refractivity contribution in [1.29, 1.82) is 0 Å². The first-order valence-corrected chi connectivity index (χ1v) is 7.61. The zero-order valence-corrected chi connectivity index (χ0v) is 12.5. The molecule has 0 spiro atoms. The van der Waals surface area contributed by atoms with Crippen LogP contribution in [0.15, 0.2) is 12.1 Å². The third-order valence-corrected chi connectivity index (χ3v) is 4.43. The fraction of sp³-hybridized carbons (Fsp3) is 0.688. The largest absolute Gasteiger partial charge is 0.381 e. The number of aromatic nitrogens is 1. The first-order valence-electron chi connectivity index (χ1n) is 7.61. The Morgan fingerprint density at radius 2 is 2.25 bits per heavy atom. The van der Waals surface area contributed by atoms with Crippen molar-refractivity contribution in [3.63, 3.8) is 0 Å². The van der Waals surface area contributed by atoms with Gasteiger partial charge in [-0.25, -0.2) is 0 Å². The van der Waals surface area contributed by atoms with Crippen molar-refractivity contribution in [2.45, 2.75) is 38.3 Å². The molecule has 3 rings (SSSR count). The summed E-state index contributed by atoms with van der Waals surface area (Å²) in [6.07, 6.45) is 2.53. The number of aryl methyl sites for hydroxylation is 1. The van der Waals surface area contributed by atoms with Crippen molar-refractivity contribution in [2.24, 2.45) is 0 Å². The van der Waals surface area contributed by atoms with Gasteiger partial charge in [-0.2, -0.15) is 0 Å². The Balaban J connectivity index is 1.75. The summed E-state index contributed by atoms with van der Waals surface area (Å²) in [5.74, 6) is 0.530. The Bertz CT molecular complexity index is 452. The van der Waals surface area contributed by atoms with Gasteiger partial charge in [0.25, 0.3) is 0 Å². The minimum absolute atomic E-state index is 0.405. The molecule has 0 unspecified atom stereocenters. The van der Waals surface area contributed by atoms with Gasteiger partial charge in [-0.1, -0.05) is 13.0 Å². The molecule has 1 atom stereocenters. The summed E-state index contributed by atoms with van der Waals surface area (Å²) in [6.45, 7) is 6.88. The minimum atomic E-state index is 0.405. The third kappa shape index (κ3) is 2.87. The summed E-state index contributed by atoms with van der Waals surface area (Å²) in [6, 6.07) is 4.44. The lowest BCUT2D eigenvalue weighted by atomic mass is 9.95. The van der Waals surface area contributed by atoms with Gasteiger partial charge in [0.2, 0.25) is 0 Å². The molecule has 0 aliphatic carbocycles. The van der Waals surface area contributed by atoms with Crippen LogP contribution in [-0.4, -0.2) is 49.4 Å². The van der Waals surface area contributed by atoms with Crippen LogP contribution in [0.4, 0.5) is 0 Å². The Morgan fingerprint density at radius 3 is 2.90 bits per heavy atom. The fourth-order valence-corrected chi connectivity index (χ4v) is 3.04. The second-order valence-corrected chi connectivity index (χ2v) is 5.80. The van der Waals surface area contributed by atoms with Crippen LogP contribution in [0.2, 0.25) is 0 Å². The van der Waals surface area contributed by atoms with Crippen molar-refractivity contribution in [1.82, 2.24) is 9.88 Å². The van der Waals surface area contributed by atoms with Gasteiger partial charge >= 0.3 is 0 Å². The van der Waals surface area contributed by atoms with Crippen molar-refractivity contribution in [2.75, 3.05) is 33.4 Å². The van der Waals surface area contributed by atoms with Gasteiger partial charge in [0.1, 0.15) is 0 Å². The van der Waals surface area contributed by atoms with E-state index in [9.17, 15) is 0 Å². The van der Waals surface area contributed by atoms with Crippen LogP contribution in [0.25, 0.3) is 0 Å². The lowest BCUT2D eigenvalue weighted by Gasteiger charge is -2.38. The first kappa shape index (κ1) is 14.0. The Kier molecular flexibility index (Phi) is 4.34. The van der Waals surface area contributed by atoms with Crippen LogP contribution in [0.3, 0.4) is 0 Å². The second-order valence-electron chi connectivity index (χ2n) is 5.80. The van der Waals surface area contributed by atoms with Gasteiger partial charge in [0.05, 0.1) is 18.4 Å². The van der Waals surface area contributed by atoms with Crippen molar-refractivity contribution < 1.29 is 9.47 Å². The quantitative estimate of drug-likeness (QED) is 0.823. The molecule has 0 radical (unpaired) electrons. The smallest absolute Gasteiger partial charge is 0.0825 e. The summed E-state index contributed by atoms with van der Waals surface area (Å²) in [7, 11) is 1.79. The van der Waals surface area contributed by atoms with Crippen LogP contribution < -0.4 is 0 Å². The van der Waals surface area contributed by atoms with Crippen LogP contribution >= 0.6 is 0 Å². The number of nitrogens with zero attached hydrogens (tertiary/aromatic N) is 2.